The molecule has 0 aromatic heterocycles. The van der Waals surface area contributed by atoms with Gasteiger partial charge in [-0.25, -0.2) is 0 Å². The monoisotopic (exact) mass is 225 g/mol. The van der Waals surface area contributed by atoms with Gasteiger partial charge in [-0.1, -0.05) is 23.7 Å². The number of carbonyl (C=O) groups excluding carboxylic acids is 1. The summed E-state index contributed by atoms with van der Waals surface area (Å²) in [6.07, 6.45) is 0. The van der Waals surface area contributed by atoms with E-state index >= 15 is 0 Å². The molecular weight excluding hydrogens is 210 g/mol. The van der Waals surface area contributed by atoms with Gasteiger partial charge in [-0.2, -0.15) is 0 Å². The lowest BCUT2D eigenvalue weighted by Crippen LogP contribution is -2.44. The highest BCUT2D eigenvalue weighted by molar-refractivity contribution is 6.31. The van der Waals surface area contributed by atoms with E-state index in [1.54, 1.807) is 13.1 Å². The van der Waals surface area contributed by atoms with Crippen LogP contribution < -0.4 is 5.32 Å². The van der Waals surface area contributed by atoms with E-state index in [1.807, 2.05) is 32.9 Å². The zero-order chi connectivity index (χ0) is 11.6. The Morgan fingerprint density at radius 1 is 1.40 bits per heavy atom. The number of ketones is 1. The average molecular weight is 226 g/mol. The molecule has 1 aromatic rings. The van der Waals surface area contributed by atoms with Crippen molar-refractivity contribution in [1.29, 1.82) is 0 Å². The average Bonchev–Trinajstić information content (AvgIpc) is 2.21. The van der Waals surface area contributed by atoms with E-state index in [9.17, 15) is 4.79 Å². The molecule has 0 amide bonds. The molecule has 82 valence electrons. The molecule has 2 nitrogen and oxygen atoms in total. The van der Waals surface area contributed by atoms with Gasteiger partial charge in [0.25, 0.3) is 0 Å². The van der Waals surface area contributed by atoms with E-state index in [1.165, 1.54) is 0 Å². The molecule has 0 saturated heterocycles. The third-order valence-corrected chi connectivity index (χ3v) is 3.03. The van der Waals surface area contributed by atoms with E-state index < -0.39 is 5.54 Å². The van der Waals surface area contributed by atoms with Crippen molar-refractivity contribution in [3.63, 3.8) is 0 Å². The second kappa shape index (κ2) is 4.33. The van der Waals surface area contributed by atoms with Crippen molar-refractivity contribution in [3.8, 4) is 0 Å². The number of hydrogen-bond donors (Lipinski definition) is 1. The second-order valence-electron chi connectivity index (χ2n) is 4.17. The predicted octanol–water partition coefficient (Wildman–Crippen LogP) is 2.83. The lowest BCUT2D eigenvalue weighted by molar-refractivity contribution is 0.0889. The molecule has 0 aliphatic carbocycles. The van der Waals surface area contributed by atoms with Crippen LogP contribution in [0.1, 0.15) is 29.8 Å². The normalized spacial score (nSPS) is 11.5. The Labute approximate surface area is 95.6 Å². The number of likely N-dealkylation sites (N-methyl/N-ethyl adjacent to an activating group) is 1. The first-order valence-corrected chi connectivity index (χ1v) is 5.26. The maximum atomic E-state index is 12.0. The Kier molecular flexibility index (Phi) is 3.53. The third-order valence-electron chi connectivity index (χ3n) is 2.63. The molecule has 1 rings (SSSR count). The number of carbonyl (C=O) groups is 1. The Morgan fingerprint density at radius 2 is 2.00 bits per heavy atom. The minimum Gasteiger partial charge on any atom is -0.308 e. The summed E-state index contributed by atoms with van der Waals surface area (Å²) in [5.41, 5.74) is 1.07. The van der Waals surface area contributed by atoms with E-state index in [-0.39, 0.29) is 5.78 Å². The molecule has 0 atom stereocenters. The molecule has 0 aliphatic rings. The van der Waals surface area contributed by atoms with Gasteiger partial charge >= 0.3 is 0 Å². The second-order valence-corrected chi connectivity index (χ2v) is 4.58. The van der Waals surface area contributed by atoms with Crippen LogP contribution in [0.2, 0.25) is 5.02 Å². The Balaban J connectivity index is 3.08. The Hall–Kier alpha value is -0.860. The van der Waals surface area contributed by atoms with E-state index in [0.717, 1.165) is 5.56 Å². The zero-order valence-electron chi connectivity index (χ0n) is 9.52. The molecule has 0 unspecified atom stereocenters. The van der Waals surface area contributed by atoms with Gasteiger partial charge in [-0.15, -0.1) is 0 Å². The first kappa shape index (κ1) is 12.2. The summed E-state index contributed by atoms with van der Waals surface area (Å²) in [5.74, 6) is 0.0481. The van der Waals surface area contributed by atoms with E-state index in [0.29, 0.717) is 10.6 Å². The van der Waals surface area contributed by atoms with Gasteiger partial charge in [0.05, 0.1) is 5.54 Å². The summed E-state index contributed by atoms with van der Waals surface area (Å²) >= 11 is 5.98. The molecule has 0 spiro atoms. The molecular formula is C12H16ClNO. The van der Waals surface area contributed by atoms with Crippen molar-refractivity contribution in [2.45, 2.75) is 26.3 Å². The topological polar surface area (TPSA) is 29.1 Å². The lowest BCUT2D eigenvalue weighted by Gasteiger charge is -2.22. The molecule has 0 heterocycles. The van der Waals surface area contributed by atoms with Crippen LogP contribution in [0.4, 0.5) is 0 Å². The van der Waals surface area contributed by atoms with Gasteiger partial charge in [0, 0.05) is 10.6 Å². The van der Waals surface area contributed by atoms with Crippen LogP contribution in [0.5, 0.6) is 0 Å². The molecule has 0 fully saturated rings. The molecule has 0 saturated carbocycles. The summed E-state index contributed by atoms with van der Waals surface area (Å²) in [5, 5.41) is 3.61. The van der Waals surface area contributed by atoms with Gasteiger partial charge in [-0.3, -0.25) is 4.79 Å². The summed E-state index contributed by atoms with van der Waals surface area (Å²) in [4.78, 5) is 12.0. The third kappa shape index (κ3) is 2.58. The van der Waals surface area contributed by atoms with E-state index in [4.69, 9.17) is 11.6 Å². The highest BCUT2D eigenvalue weighted by Crippen LogP contribution is 2.20. The SMILES string of the molecule is CNC(C)(C)C(=O)c1ccc(C)c(Cl)c1. The van der Waals surface area contributed by atoms with Crippen LogP contribution in [0.3, 0.4) is 0 Å². The van der Waals surface area contributed by atoms with Gasteiger partial charge in [0.15, 0.2) is 5.78 Å². The van der Waals surface area contributed by atoms with Crippen molar-refractivity contribution in [2.24, 2.45) is 0 Å². The number of Topliss-reactive ketones (excluding diaryl/α,β-unsaturated/α-hetero) is 1. The smallest absolute Gasteiger partial charge is 0.182 e. The van der Waals surface area contributed by atoms with Gasteiger partial charge in [-0.05, 0) is 39.4 Å². The molecule has 0 bridgehead atoms. The summed E-state index contributed by atoms with van der Waals surface area (Å²) in [6.45, 7) is 5.62. The van der Waals surface area contributed by atoms with Gasteiger partial charge in [0.1, 0.15) is 0 Å². The summed E-state index contributed by atoms with van der Waals surface area (Å²) in [7, 11) is 1.77. The maximum Gasteiger partial charge on any atom is 0.182 e. The fourth-order valence-electron chi connectivity index (χ4n) is 1.21. The molecule has 3 heteroatoms. The van der Waals surface area contributed by atoms with Crippen molar-refractivity contribution in [1.82, 2.24) is 5.32 Å². The van der Waals surface area contributed by atoms with Crippen molar-refractivity contribution in [3.05, 3.63) is 34.3 Å². The molecule has 1 N–H and O–H groups in total. The summed E-state index contributed by atoms with van der Waals surface area (Å²) in [6, 6.07) is 5.39. The van der Waals surface area contributed by atoms with Crippen LogP contribution >= 0.6 is 11.6 Å². The zero-order valence-corrected chi connectivity index (χ0v) is 10.3. The highest BCUT2D eigenvalue weighted by atomic mass is 35.5. The predicted molar refractivity (Wildman–Crippen MR) is 63.7 cm³/mol. The fraction of sp³-hybridized carbons (Fsp3) is 0.417. The Morgan fingerprint density at radius 3 is 2.47 bits per heavy atom. The van der Waals surface area contributed by atoms with Crippen molar-refractivity contribution >= 4 is 17.4 Å². The number of hydrogen-bond acceptors (Lipinski definition) is 2. The van der Waals surface area contributed by atoms with Crippen LogP contribution in [-0.4, -0.2) is 18.4 Å². The quantitative estimate of drug-likeness (QED) is 0.802. The van der Waals surface area contributed by atoms with Crippen LogP contribution in [0.15, 0.2) is 18.2 Å². The molecule has 15 heavy (non-hydrogen) atoms. The number of benzene rings is 1. The Bertz CT molecular complexity index is 385. The highest BCUT2D eigenvalue weighted by Gasteiger charge is 2.26. The standard InChI is InChI=1S/C12H16ClNO/c1-8-5-6-9(7-10(8)13)11(15)12(2,3)14-4/h5-7,14H,1-4H3. The number of halogens is 1. The van der Waals surface area contributed by atoms with E-state index in [2.05, 4.69) is 5.32 Å². The van der Waals surface area contributed by atoms with Crippen LogP contribution in [-0.2, 0) is 0 Å². The van der Waals surface area contributed by atoms with Gasteiger partial charge < -0.3 is 5.32 Å². The van der Waals surface area contributed by atoms with Crippen LogP contribution in [0.25, 0.3) is 0 Å². The largest absolute Gasteiger partial charge is 0.308 e. The fourth-order valence-corrected chi connectivity index (χ4v) is 1.39. The van der Waals surface area contributed by atoms with Crippen molar-refractivity contribution < 1.29 is 4.79 Å². The molecule has 0 aliphatic heterocycles. The number of nitrogens with one attached hydrogen (secondary N) is 1. The minimum absolute atomic E-state index is 0.0481. The first-order valence-electron chi connectivity index (χ1n) is 4.88. The van der Waals surface area contributed by atoms with Crippen LogP contribution in [0, 0.1) is 6.92 Å². The molecule has 1 aromatic carbocycles. The summed E-state index contributed by atoms with van der Waals surface area (Å²) < 4.78 is 0. The lowest BCUT2D eigenvalue weighted by atomic mass is 9.93. The minimum atomic E-state index is -0.557. The maximum absolute atomic E-state index is 12.0. The first-order chi connectivity index (χ1) is 6.88. The number of rotatable bonds is 3. The van der Waals surface area contributed by atoms with Gasteiger partial charge in [0.2, 0.25) is 0 Å². The van der Waals surface area contributed by atoms with Crippen molar-refractivity contribution in [2.75, 3.05) is 7.05 Å². The number of aryl methyl sites for hydroxylation is 1. The molecule has 0 radical (unpaired) electrons.